The molecule has 1 aliphatic rings. The number of benzene rings is 1. The lowest BCUT2D eigenvalue weighted by Crippen LogP contribution is -2.42. The molecule has 0 unspecified atom stereocenters. The van der Waals surface area contributed by atoms with Crippen LogP contribution in [0.15, 0.2) is 39.2 Å². The van der Waals surface area contributed by atoms with Crippen LogP contribution < -0.4 is 21.7 Å². The number of nitrogens with two attached hydrogens (primary N) is 1. The fourth-order valence-electron chi connectivity index (χ4n) is 2.97. The summed E-state index contributed by atoms with van der Waals surface area (Å²) in [6, 6.07) is 5.78. The van der Waals surface area contributed by atoms with Gasteiger partial charge in [0.05, 0.1) is 16.4 Å². The van der Waals surface area contributed by atoms with Gasteiger partial charge in [0.25, 0.3) is 11.2 Å². The van der Waals surface area contributed by atoms with Crippen LogP contribution in [0.2, 0.25) is 5.02 Å². The Balaban J connectivity index is 2.42. The van der Waals surface area contributed by atoms with E-state index >= 15 is 0 Å². The lowest BCUT2D eigenvalue weighted by molar-refractivity contribution is -0.384. The summed E-state index contributed by atoms with van der Waals surface area (Å²) < 4.78 is 7.30. The zero-order chi connectivity index (χ0) is 20.0. The van der Waals surface area contributed by atoms with Crippen LogP contribution >= 0.6 is 11.6 Å². The van der Waals surface area contributed by atoms with E-state index in [1.807, 2.05) is 6.07 Å². The standard InChI is InChI=1S/C16H12ClN5O5/c1-20-14(23)12-11(7-3-4-9(17)10(5-7)22(25)26)8(6-18)13(19)27-15(12)21(2)16(20)24/h3-5,11H,19H2,1-2H3/t11-/m1/s1. The highest BCUT2D eigenvalue weighted by Crippen LogP contribution is 2.41. The second kappa shape index (κ2) is 6.30. The zero-order valence-corrected chi connectivity index (χ0v) is 14.9. The van der Waals surface area contributed by atoms with Gasteiger partial charge in [-0.1, -0.05) is 17.7 Å². The van der Waals surface area contributed by atoms with Crippen molar-refractivity contribution in [3.8, 4) is 11.9 Å². The van der Waals surface area contributed by atoms with E-state index < -0.39 is 22.1 Å². The Hall–Kier alpha value is -3.58. The van der Waals surface area contributed by atoms with Crippen molar-refractivity contribution in [2.75, 3.05) is 0 Å². The molecule has 138 valence electrons. The van der Waals surface area contributed by atoms with Gasteiger partial charge in [-0.05, 0) is 11.6 Å². The van der Waals surface area contributed by atoms with Crippen LogP contribution in [0, 0.1) is 21.4 Å². The number of nitrogens with zero attached hydrogens (tertiary/aromatic N) is 4. The van der Waals surface area contributed by atoms with Gasteiger partial charge in [-0.25, -0.2) is 4.79 Å². The van der Waals surface area contributed by atoms with Gasteiger partial charge < -0.3 is 10.5 Å². The Kier molecular flexibility index (Phi) is 4.25. The first-order chi connectivity index (χ1) is 12.7. The van der Waals surface area contributed by atoms with Crippen molar-refractivity contribution < 1.29 is 9.66 Å². The van der Waals surface area contributed by atoms with E-state index in [0.717, 1.165) is 15.2 Å². The van der Waals surface area contributed by atoms with Crippen LogP contribution in [0.1, 0.15) is 17.0 Å². The molecule has 1 aromatic heterocycles. The van der Waals surface area contributed by atoms with Gasteiger partial charge in [-0.2, -0.15) is 5.26 Å². The summed E-state index contributed by atoms with van der Waals surface area (Å²) in [6.45, 7) is 0. The number of halogens is 1. The SMILES string of the molecule is Cn1c2c(c(=O)n(C)c1=O)[C@H](c1ccc(Cl)c([N+](=O)[O-])c1)C(C#N)=C(N)O2. The molecule has 0 amide bonds. The van der Waals surface area contributed by atoms with Gasteiger partial charge in [0.15, 0.2) is 0 Å². The second-order valence-corrected chi connectivity index (χ2v) is 6.22. The summed E-state index contributed by atoms with van der Waals surface area (Å²) in [5, 5.41) is 20.7. The van der Waals surface area contributed by atoms with Crippen LogP contribution in [0.5, 0.6) is 5.88 Å². The molecule has 2 N–H and O–H groups in total. The molecule has 2 aromatic rings. The fourth-order valence-corrected chi connectivity index (χ4v) is 3.16. The van der Waals surface area contributed by atoms with Gasteiger partial charge in [-0.3, -0.25) is 24.0 Å². The maximum atomic E-state index is 12.8. The highest BCUT2D eigenvalue weighted by atomic mass is 35.5. The summed E-state index contributed by atoms with van der Waals surface area (Å²) in [5.74, 6) is -1.47. The third-order valence-corrected chi connectivity index (χ3v) is 4.63. The molecule has 3 rings (SSSR count). The molecule has 1 aromatic carbocycles. The highest BCUT2D eigenvalue weighted by molar-refractivity contribution is 6.32. The zero-order valence-electron chi connectivity index (χ0n) is 14.1. The van der Waals surface area contributed by atoms with Crippen LogP contribution in [0.3, 0.4) is 0 Å². The van der Waals surface area contributed by atoms with E-state index in [0.29, 0.717) is 0 Å². The number of allylic oxidation sites excluding steroid dienone is 1. The topological polar surface area (TPSA) is 146 Å². The summed E-state index contributed by atoms with van der Waals surface area (Å²) in [6.07, 6.45) is 0. The minimum atomic E-state index is -1.06. The molecule has 1 aliphatic heterocycles. The molecule has 0 bridgehead atoms. The number of nitriles is 1. The maximum Gasteiger partial charge on any atom is 0.333 e. The summed E-state index contributed by atoms with van der Waals surface area (Å²) >= 11 is 5.85. The molecule has 10 nitrogen and oxygen atoms in total. The molecule has 0 fully saturated rings. The van der Waals surface area contributed by atoms with E-state index in [1.54, 1.807) is 0 Å². The van der Waals surface area contributed by atoms with Crippen LogP contribution in [-0.4, -0.2) is 14.1 Å². The molecule has 0 saturated carbocycles. The number of nitro groups is 1. The van der Waals surface area contributed by atoms with Gasteiger partial charge in [-0.15, -0.1) is 0 Å². The lowest BCUT2D eigenvalue weighted by atomic mass is 9.85. The largest absolute Gasteiger partial charge is 0.423 e. The van der Waals surface area contributed by atoms with E-state index in [9.17, 15) is 25.0 Å². The van der Waals surface area contributed by atoms with Gasteiger partial charge in [0.1, 0.15) is 16.7 Å². The number of hydrogen-bond acceptors (Lipinski definition) is 7. The number of nitro benzene ring substituents is 1. The summed E-state index contributed by atoms with van der Waals surface area (Å²) in [5.41, 5.74) is 4.20. The van der Waals surface area contributed by atoms with Crippen molar-refractivity contribution in [1.29, 1.82) is 5.26 Å². The minimum absolute atomic E-state index is 0.0260. The third kappa shape index (κ3) is 2.65. The predicted octanol–water partition coefficient (Wildman–Crippen LogP) is 0.864. The van der Waals surface area contributed by atoms with Crippen molar-refractivity contribution >= 4 is 17.3 Å². The average Bonchev–Trinajstić information content (AvgIpc) is 2.63. The van der Waals surface area contributed by atoms with Crippen molar-refractivity contribution in [3.63, 3.8) is 0 Å². The van der Waals surface area contributed by atoms with Crippen LogP contribution in [-0.2, 0) is 14.1 Å². The lowest BCUT2D eigenvalue weighted by Gasteiger charge is -2.27. The molecular weight excluding hydrogens is 378 g/mol. The second-order valence-electron chi connectivity index (χ2n) is 5.82. The first kappa shape index (κ1) is 18.2. The molecule has 1 atom stereocenters. The molecule has 11 heteroatoms. The van der Waals surface area contributed by atoms with Crippen LogP contribution in [0.4, 0.5) is 5.69 Å². The average molecular weight is 390 g/mol. The highest BCUT2D eigenvalue weighted by Gasteiger charge is 2.36. The molecule has 2 heterocycles. The van der Waals surface area contributed by atoms with Crippen molar-refractivity contribution in [3.05, 3.63) is 76.8 Å². The monoisotopic (exact) mass is 389 g/mol. The number of rotatable bonds is 2. The maximum absolute atomic E-state index is 12.8. The Morgan fingerprint density at radius 3 is 2.59 bits per heavy atom. The molecule has 0 radical (unpaired) electrons. The first-order valence-corrected chi connectivity index (χ1v) is 7.88. The molecule has 27 heavy (non-hydrogen) atoms. The van der Waals surface area contributed by atoms with E-state index in [-0.39, 0.29) is 39.2 Å². The van der Waals surface area contributed by atoms with Gasteiger partial charge >= 0.3 is 5.69 Å². The minimum Gasteiger partial charge on any atom is -0.423 e. The Bertz CT molecular complexity index is 1190. The van der Waals surface area contributed by atoms with Gasteiger partial charge in [0, 0.05) is 20.2 Å². The Morgan fingerprint density at radius 2 is 2.00 bits per heavy atom. The number of hydrogen-bond donors (Lipinski definition) is 1. The predicted molar refractivity (Wildman–Crippen MR) is 94.3 cm³/mol. The fraction of sp³-hybridized carbons (Fsp3) is 0.188. The summed E-state index contributed by atoms with van der Waals surface area (Å²) in [7, 11) is 2.66. The number of ether oxygens (including phenoxy) is 1. The molecule has 0 spiro atoms. The normalized spacial score (nSPS) is 15.7. The van der Waals surface area contributed by atoms with Crippen molar-refractivity contribution in [2.24, 2.45) is 19.8 Å². The van der Waals surface area contributed by atoms with Gasteiger partial charge in [0.2, 0.25) is 11.8 Å². The number of aromatic nitrogens is 2. The molecule has 0 aliphatic carbocycles. The molecular formula is C16H12ClN5O5. The Morgan fingerprint density at radius 1 is 1.33 bits per heavy atom. The van der Waals surface area contributed by atoms with Crippen LogP contribution in [0.25, 0.3) is 0 Å². The number of fused-ring (bicyclic) bond motifs is 1. The smallest absolute Gasteiger partial charge is 0.333 e. The first-order valence-electron chi connectivity index (χ1n) is 7.50. The third-order valence-electron chi connectivity index (χ3n) is 4.31. The molecule has 0 saturated heterocycles. The van der Waals surface area contributed by atoms with E-state index in [2.05, 4.69) is 0 Å². The van der Waals surface area contributed by atoms with E-state index in [4.69, 9.17) is 22.1 Å². The Labute approximate surface area is 156 Å². The van der Waals surface area contributed by atoms with Crippen molar-refractivity contribution in [2.45, 2.75) is 5.92 Å². The summed E-state index contributed by atoms with van der Waals surface area (Å²) in [4.78, 5) is 35.5. The van der Waals surface area contributed by atoms with E-state index in [1.165, 1.54) is 26.2 Å². The van der Waals surface area contributed by atoms with Crippen molar-refractivity contribution in [1.82, 2.24) is 9.13 Å². The quantitative estimate of drug-likeness (QED) is 0.591.